The molecule has 0 saturated heterocycles. The van der Waals surface area contributed by atoms with Crippen molar-refractivity contribution in [2.75, 3.05) is 7.05 Å². The number of aromatic nitrogens is 2. The maximum atomic E-state index is 5.34. The molecular weight excluding hydrogens is 214 g/mol. The first-order valence-electron chi connectivity index (χ1n) is 5.95. The maximum Gasteiger partial charge on any atom is 0.109 e. The Morgan fingerprint density at radius 1 is 1.53 bits per heavy atom. The van der Waals surface area contributed by atoms with Crippen molar-refractivity contribution >= 4 is 0 Å². The quantitative estimate of drug-likeness (QED) is 0.827. The molecule has 4 nitrogen and oxygen atoms in total. The molecule has 0 fully saturated rings. The number of nitrogens with one attached hydrogen (secondary N) is 1. The zero-order valence-corrected chi connectivity index (χ0v) is 10.4. The van der Waals surface area contributed by atoms with Gasteiger partial charge in [0.05, 0.1) is 6.26 Å². The summed E-state index contributed by atoms with van der Waals surface area (Å²) in [5, 5.41) is 3.33. The van der Waals surface area contributed by atoms with Gasteiger partial charge in [0, 0.05) is 38.3 Å². The highest BCUT2D eigenvalue weighted by Crippen LogP contribution is 2.09. The number of aryl methyl sites for hydroxylation is 2. The van der Waals surface area contributed by atoms with Gasteiger partial charge in [0.2, 0.25) is 0 Å². The molecule has 0 aliphatic rings. The third kappa shape index (κ3) is 3.20. The lowest BCUT2D eigenvalue weighted by Crippen LogP contribution is -2.29. The first-order chi connectivity index (χ1) is 8.29. The Morgan fingerprint density at radius 3 is 3.00 bits per heavy atom. The Kier molecular flexibility index (Phi) is 3.98. The van der Waals surface area contributed by atoms with Gasteiger partial charge in [-0.2, -0.15) is 0 Å². The average Bonchev–Trinajstić information content (AvgIpc) is 2.96. The monoisotopic (exact) mass is 233 g/mol. The Hall–Kier alpha value is -1.55. The molecule has 92 valence electrons. The molecule has 0 aromatic carbocycles. The van der Waals surface area contributed by atoms with E-state index in [1.54, 1.807) is 6.26 Å². The molecular formula is C13H19N3O. The van der Waals surface area contributed by atoms with Gasteiger partial charge in [-0.1, -0.05) is 0 Å². The summed E-state index contributed by atoms with van der Waals surface area (Å²) in [5.41, 5.74) is 0. The molecule has 1 N–H and O–H groups in total. The second kappa shape index (κ2) is 5.68. The summed E-state index contributed by atoms with van der Waals surface area (Å²) in [6.07, 6.45) is 8.51. The van der Waals surface area contributed by atoms with Gasteiger partial charge in [0.15, 0.2) is 0 Å². The van der Waals surface area contributed by atoms with Crippen LogP contribution >= 0.6 is 0 Å². The highest BCUT2D eigenvalue weighted by atomic mass is 16.3. The van der Waals surface area contributed by atoms with Crippen molar-refractivity contribution in [2.45, 2.75) is 25.3 Å². The van der Waals surface area contributed by atoms with E-state index in [9.17, 15) is 0 Å². The van der Waals surface area contributed by atoms with Crippen LogP contribution in [0, 0.1) is 0 Å². The number of likely N-dealkylation sites (N-methyl/N-ethyl adjacent to an activating group) is 1. The van der Waals surface area contributed by atoms with Crippen LogP contribution in [-0.2, 0) is 19.9 Å². The number of hydrogen-bond acceptors (Lipinski definition) is 3. The maximum absolute atomic E-state index is 5.34. The average molecular weight is 233 g/mol. The van der Waals surface area contributed by atoms with Crippen molar-refractivity contribution in [1.82, 2.24) is 14.9 Å². The summed E-state index contributed by atoms with van der Waals surface area (Å²) in [5.74, 6) is 2.16. The van der Waals surface area contributed by atoms with Gasteiger partial charge in [-0.25, -0.2) is 4.98 Å². The molecule has 0 amide bonds. The second-order valence-corrected chi connectivity index (χ2v) is 4.26. The first-order valence-corrected chi connectivity index (χ1v) is 5.95. The molecule has 2 rings (SSSR count). The van der Waals surface area contributed by atoms with Crippen LogP contribution in [0.1, 0.15) is 18.0 Å². The minimum atomic E-state index is 0.432. The van der Waals surface area contributed by atoms with Crippen molar-refractivity contribution in [3.8, 4) is 0 Å². The highest BCUT2D eigenvalue weighted by molar-refractivity contribution is 5.00. The van der Waals surface area contributed by atoms with E-state index < -0.39 is 0 Å². The minimum Gasteiger partial charge on any atom is -0.469 e. The third-order valence-electron chi connectivity index (χ3n) is 3.08. The molecule has 0 saturated carbocycles. The van der Waals surface area contributed by atoms with Crippen molar-refractivity contribution < 1.29 is 4.42 Å². The van der Waals surface area contributed by atoms with E-state index >= 15 is 0 Å². The number of hydrogen-bond donors (Lipinski definition) is 1. The van der Waals surface area contributed by atoms with E-state index in [1.165, 1.54) is 0 Å². The number of rotatable bonds is 6. The lowest BCUT2D eigenvalue weighted by Gasteiger charge is -2.15. The van der Waals surface area contributed by atoms with E-state index in [1.807, 2.05) is 38.6 Å². The number of furan rings is 1. The molecule has 0 bridgehead atoms. The summed E-state index contributed by atoms with van der Waals surface area (Å²) < 4.78 is 7.41. The Bertz CT molecular complexity index is 433. The van der Waals surface area contributed by atoms with Crippen LogP contribution in [0.4, 0.5) is 0 Å². The van der Waals surface area contributed by atoms with E-state index in [-0.39, 0.29) is 0 Å². The van der Waals surface area contributed by atoms with Gasteiger partial charge in [0.1, 0.15) is 11.6 Å². The molecule has 0 radical (unpaired) electrons. The molecule has 0 aliphatic carbocycles. The summed E-state index contributed by atoms with van der Waals surface area (Å²) in [6.45, 7) is 0. The van der Waals surface area contributed by atoms with E-state index in [0.29, 0.717) is 6.04 Å². The fraction of sp³-hybridized carbons (Fsp3) is 0.462. The zero-order chi connectivity index (χ0) is 12.1. The third-order valence-corrected chi connectivity index (χ3v) is 3.08. The standard InChI is InChI=1S/C13H19N3O/c1-14-11(5-6-12-4-3-9-17-12)10-13-15-7-8-16(13)2/h3-4,7-9,11,14H,5-6,10H2,1-2H3. The van der Waals surface area contributed by atoms with Crippen LogP contribution in [0.3, 0.4) is 0 Å². The van der Waals surface area contributed by atoms with Gasteiger partial charge in [-0.15, -0.1) is 0 Å². The molecule has 2 aromatic heterocycles. The number of nitrogens with zero attached hydrogens (tertiary/aromatic N) is 2. The summed E-state index contributed by atoms with van der Waals surface area (Å²) in [4.78, 5) is 4.35. The molecule has 1 unspecified atom stereocenters. The topological polar surface area (TPSA) is 43.0 Å². The van der Waals surface area contributed by atoms with E-state index in [2.05, 4.69) is 14.9 Å². The van der Waals surface area contributed by atoms with Crippen LogP contribution < -0.4 is 5.32 Å². The zero-order valence-electron chi connectivity index (χ0n) is 10.4. The largest absolute Gasteiger partial charge is 0.469 e. The van der Waals surface area contributed by atoms with E-state index in [0.717, 1.165) is 30.8 Å². The normalized spacial score (nSPS) is 12.8. The van der Waals surface area contributed by atoms with Crippen molar-refractivity contribution in [1.29, 1.82) is 0 Å². The van der Waals surface area contributed by atoms with Crippen molar-refractivity contribution in [2.24, 2.45) is 7.05 Å². The van der Waals surface area contributed by atoms with Crippen LogP contribution in [-0.4, -0.2) is 22.6 Å². The smallest absolute Gasteiger partial charge is 0.109 e. The Morgan fingerprint density at radius 2 is 2.41 bits per heavy atom. The predicted molar refractivity (Wildman–Crippen MR) is 66.8 cm³/mol. The summed E-state index contributed by atoms with van der Waals surface area (Å²) in [7, 11) is 4.03. The van der Waals surface area contributed by atoms with Crippen molar-refractivity contribution in [3.05, 3.63) is 42.4 Å². The number of imidazole rings is 1. The van der Waals surface area contributed by atoms with Gasteiger partial charge in [-0.3, -0.25) is 0 Å². The summed E-state index contributed by atoms with van der Waals surface area (Å²) >= 11 is 0. The first kappa shape index (κ1) is 11.9. The lowest BCUT2D eigenvalue weighted by atomic mass is 10.1. The molecule has 4 heteroatoms. The molecule has 2 heterocycles. The molecule has 0 aliphatic heterocycles. The van der Waals surface area contributed by atoms with Gasteiger partial charge in [-0.05, 0) is 25.6 Å². The minimum absolute atomic E-state index is 0.432. The van der Waals surface area contributed by atoms with Gasteiger partial charge < -0.3 is 14.3 Å². The predicted octanol–water partition coefficient (Wildman–Crippen LogP) is 1.78. The van der Waals surface area contributed by atoms with Crippen LogP contribution in [0.5, 0.6) is 0 Å². The summed E-state index contributed by atoms with van der Waals surface area (Å²) in [6, 6.07) is 4.39. The molecule has 2 aromatic rings. The SMILES string of the molecule is CNC(CCc1ccco1)Cc1nccn1C. The van der Waals surface area contributed by atoms with Gasteiger partial charge in [0.25, 0.3) is 0 Å². The van der Waals surface area contributed by atoms with Crippen LogP contribution in [0.2, 0.25) is 0 Å². The van der Waals surface area contributed by atoms with E-state index in [4.69, 9.17) is 4.42 Å². The Labute approximate surface area is 102 Å². The molecule has 1 atom stereocenters. The highest BCUT2D eigenvalue weighted by Gasteiger charge is 2.11. The second-order valence-electron chi connectivity index (χ2n) is 4.26. The fourth-order valence-corrected chi connectivity index (χ4v) is 1.93. The van der Waals surface area contributed by atoms with Gasteiger partial charge >= 0.3 is 0 Å². The molecule has 17 heavy (non-hydrogen) atoms. The van der Waals surface area contributed by atoms with Crippen LogP contribution in [0.15, 0.2) is 35.2 Å². The van der Waals surface area contributed by atoms with Crippen LogP contribution in [0.25, 0.3) is 0 Å². The lowest BCUT2D eigenvalue weighted by molar-refractivity contribution is 0.453. The fourth-order valence-electron chi connectivity index (χ4n) is 1.93. The molecule has 0 spiro atoms. The van der Waals surface area contributed by atoms with Crippen molar-refractivity contribution in [3.63, 3.8) is 0 Å². The Balaban J connectivity index is 1.87.